The van der Waals surface area contributed by atoms with E-state index in [-0.39, 0.29) is 5.91 Å². The highest BCUT2D eigenvalue weighted by Gasteiger charge is 2.21. The molecule has 0 bridgehead atoms. The van der Waals surface area contributed by atoms with Crippen LogP contribution in [0.1, 0.15) is 47.4 Å². The number of fused-ring (bicyclic) bond motifs is 1. The fourth-order valence-electron chi connectivity index (χ4n) is 3.12. The largest absolute Gasteiger partial charge is 0.493 e. The van der Waals surface area contributed by atoms with Crippen LogP contribution in [0.25, 0.3) is 10.9 Å². The van der Waals surface area contributed by atoms with Crippen LogP contribution in [-0.2, 0) is 0 Å². The molecule has 1 aliphatic rings. The lowest BCUT2D eigenvalue weighted by molar-refractivity contribution is 0.102. The summed E-state index contributed by atoms with van der Waals surface area (Å²) in [5.74, 6) is 1.32. The third kappa shape index (κ3) is 3.99. The Labute approximate surface area is 164 Å². The van der Waals surface area contributed by atoms with Gasteiger partial charge in [-0.1, -0.05) is 6.07 Å². The summed E-state index contributed by atoms with van der Waals surface area (Å²) in [4.78, 5) is 17.1. The number of benzene rings is 2. The Hall–Kier alpha value is -2.92. The molecule has 2 aromatic carbocycles. The lowest BCUT2D eigenvalue weighted by atomic mass is 10.0. The first-order valence-electron chi connectivity index (χ1n) is 9.63. The van der Waals surface area contributed by atoms with Crippen molar-refractivity contribution >= 4 is 22.5 Å². The summed E-state index contributed by atoms with van der Waals surface area (Å²) in [5, 5.41) is 13.6. The highest BCUT2D eigenvalue weighted by atomic mass is 16.5. The van der Waals surface area contributed by atoms with Gasteiger partial charge in [0.05, 0.1) is 18.2 Å². The fraction of sp³-hybridized carbons (Fsp3) is 0.304. The zero-order chi connectivity index (χ0) is 19.7. The van der Waals surface area contributed by atoms with E-state index in [4.69, 9.17) is 4.74 Å². The van der Waals surface area contributed by atoms with Gasteiger partial charge in [-0.25, -0.2) is 0 Å². The molecule has 5 nitrogen and oxygen atoms in total. The minimum Gasteiger partial charge on any atom is -0.493 e. The average molecular weight is 376 g/mol. The number of pyridine rings is 1. The molecule has 4 rings (SSSR count). The second-order valence-electron chi connectivity index (χ2n) is 7.49. The van der Waals surface area contributed by atoms with E-state index in [1.807, 2.05) is 37.3 Å². The van der Waals surface area contributed by atoms with Crippen LogP contribution in [0.3, 0.4) is 0 Å². The van der Waals surface area contributed by atoms with Crippen LogP contribution < -0.4 is 10.1 Å². The van der Waals surface area contributed by atoms with Crippen LogP contribution in [0.5, 0.6) is 5.75 Å². The molecule has 1 amide bonds. The number of anilines is 1. The van der Waals surface area contributed by atoms with Crippen LogP contribution >= 0.6 is 0 Å². The summed E-state index contributed by atoms with van der Waals surface area (Å²) < 4.78 is 5.72. The normalized spacial score (nSPS) is 14.7. The van der Waals surface area contributed by atoms with Crippen LogP contribution in [0.2, 0.25) is 0 Å². The van der Waals surface area contributed by atoms with E-state index in [0.717, 1.165) is 40.1 Å². The van der Waals surface area contributed by atoms with Gasteiger partial charge in [-0.05, 0) is 80.1 Å². The Balaban J connectivity index is 1.49. The Bertz CT molecular complexity index is 1010. The van der Waals surface area contributed by atoms with Crippen LogP contribution in [0.4, 0.5) is 5.69 Å². The predicted octanol–water partition coefficient (Wildman–Crippen LogP) is 4.64. The number of hydrogen-bond acceptors (Lipinski definition) is 4. The van der Waals surface area contributed by atoms with Crippen LogP contribution in [-0.4, -0.2) is 22.6 Å². The maximum atomic E-state index is 12.6. The van der Waals surface area contributed by atoms with Crippen molar-refractivity contribution < 1.29 is 14.6 Å². The van der Waals surface area contributed by atoms with Gasteiger partial charge in [0.25, 0.3) is 5.91 Å². The van der Waals surface area contributed by atoms with Crippen LogP contribution in [0.15, 0.2) is 48.7 Å². The lowest BCUT2D eigenvalue weighted by Crippen LogP contribution is -2.13. The standard InChI is InChI=1S/C23H24N2O3/c1-14-21(10-7-18-11-19(15(2)26)12-24-22(14)18)25-23(27)17-5-8-20(9-6-17)28-13-16-3-4-16/h5-12,15-16,26H,3-4,13H2,1-2H3,(H,25,27)/t15-/m0/s1. The maximum Gasteiger partial charge on any atom is 0.255 e. The number of aromatic nitrogens is 1. The third-order valence-corrected chi connectivity index (χ3v) is 5.16. The Morgan fingerprint density at radius 2 is 2.00 bits per heavy atom. The molecular weight excluding hydrogens is 352 g/mol. The van der Waals surface area contributed by atoms with Crippen molar-refractivity contribution in [3.05, 3.63) is 65.4 Å². The van der Waals surface area contributed by atoms with E-state index in [1.165, 1.54) is 12.8 Å². The number of amides is 1. The summed E-state index contributed by atoms with van der Waals surface area (Å²) in [6.07, 6.45) is 3.61. The van der Waals surface area contributed by atoms with Gasteiger partial charge in [-0.3, -0.25) is 9.78 Å². The number of ether oxygens (including phenoxy) is 1. The number of aryl methyl sites for hydroxylation is 1. The van der Waals surface area contributed by atoms with Crippen LogP contribution in [0, 0.1) is 12.8 Å². The van der Waals surface area contributed by atoms with E-state index in [2.05, 4.69) is 10.3 Å². The van der Waals surface area contributed by atoms with Crippen molar-refractivity contribution in [3.8, 4) is 5.75 Å². The number of aliphatic hydroxyl groups is 1. The van der Waals surface area contributed by atoms with Crippen molar-refractivity contribution in [2.24, 2.45) is 5.92 Å². The summed E-state index contributed by atoms with van der Waals surface area (Å²) in [5.41, 5.74) is 3.78. The van der Waals surface area contributed by atoms with Gasteiger partial charge in [0, 0.05) is 22.8 Å². The molecule has 1 saturated carbocycles. The molecule has 1 aromatic heterocycles. The molecule has 0 unspecified atom stereocenters. The monoisotopic (exact) mass is 376 g/mol. The Morgan fingerprint density at radius 1 is 1.25 bits per heavy atom. The second-order valence-corrected chi connectivity index (χ2v) is 7.49. The number of aliphatic hydroxyl groups excluding tert-OH is 1. The molecule has 1 aliphatic carbocycles. The van der Waals surface area contributed by atoms with Gasteiger partial charge < -0.3 is 15.2 Å². The van der Waals surface area contributed by atoms with Crippen molar-refractivity contribution in [2.75, 3.05) is 11.9 Å². The van der Waals surface area contributed by atoms with Crippen molar-refractivity contribution in [2.45, 2.75) is 32.8 Å². The summed E-state index contributed by atoms with van der Waals surface area (Å²) >= 11 is 0. The van der Waals surface area contributed by atoms with Crippen molar-refractivity contribution in [1.29, 1.82) is 0 Å². The van der Waals surface area contributed by atoms with Gasteiger partial charge >= 0.3 is 0 Å². The molecule has 0 spiro atoms. The smallest absolute Gasteiger partial charge is 0.255 e. The molecule has 28 heavy (non-hydrogen) atoms. The zero-order valence-corrected chi connectivity index (χ0v) is 16.1. The van der Waals surface area contributed by atoms with E-state index in [1.54, 1.807) is 25.3 Å². The number of rotatable bonds is 6. The van der Waals surface area contributed by atoms with E-state index in [9.17, 15) is 9.90 Å². The molecule has 5 heteroatoms. The second kappa shape index (κ2) is 7.60. The van der Waals surface area contributed by atoms with E-state index >= 15 is 0 Å². The molecule has 1 atom stereocenters. The molecule has 1 fully saturated rings. The topological polar surface area (TPSA) is 71.5 Å². The summed E-state index contributed by atoms with van der Waals surface area (Å²) in [6.45, 7) is 4.40. The predicted molar refractivity (Wildman–Crippen MR) is 110 cm³/mol. The quantitative estimate of drug-likeness (QED) is 0.658. The molecular formula is C23H24N2O3. The zero-order valence-electron chi connectivity index (χ0n) is 16.1. The van der Waals surface area contributed by atoms with E-state index < -0.39 is 6.10 Å². The third-order valence-electron chi connectivity index (χ3n) is 5.16. The van der Waals surface area contributed by atoms with Gasteiger partial charge in [0.1, 0.15) is 5.75 Å². The fourth-order valence-corrected chi connectivity index (χ4v) is 3.12. The van der Waals surface area contributed by atoms with Gasteiger partial charge in [-0.2, -0.15) is 0 Å². The van der Waals surface area contributed by atoms with Crippen molar-refractivity contribution in [3.63, 3.8) is 0 Å². The first-order valence-corrected chi connectivity index (χ1v) is 9.63. The maximum absolute atomic E-state index is 12.6. The molecule has 3 aromatic rings. The molecule has 2 N–H and O–H groups in total. The first kappa shape index (κ1) is 18.4. The number of hydrogen-bond donors (Lipinski definition) is 2. The van der Waals surface area contributed by atoms with Gasteiger partial charge in [0.2, 0.25) is 0 Å². The van der Waals surface area contributed by atoms with Crippen molar-refractivity contribution in [1.82, 2.24) is 4.98 Å². The number of nitrogens with one attached hydrogen (secondary N) is 1. The number of carbonyl (C=O) groups is 1. The first-order chi connectivity index (χ1) is 13.5. The molecule has 1 heterocycles. The van der Waals surface area contributed by atoms with Gasteiger partial charge in [-0.15, -0.1) is 0 Å². The van der Waals surface area contributed by atoms with E-state index in [0.29, 0.717) is 11.5 Å². The Morgan fingerprint density at radius 3 is 2.68 bits per heavy atom. The highest BCUT2D eigenvalue weighted by molar-refractivity contribution is 6.06. The number of carbonyl (C=O) groups excluding carboxylic acids is 1. The number of nitrogens with zero attached hydrogens (tertiary/aromatic N) is 1. The van der Waals surface area contributed by atoms with Gasteiger partial charge in [0.15, 0.2) is 0 Å². The Kier molecular flexibility index (Phi) is 5.01. The average Bonchev–Trinajstić information content (AvgIpc) is 3.53. The molecule has 0 aliphatic heterocycles. The molecule has 144 valence electrons. The SMILES string of the molecule is Cc1c(NC(=O)c2ccc(OCC3CC3)cc2)ccc2cc([C@H](C)O)cnc12. The minimum atomic E-state index is -0.562. The summed E-state index contributed by atoms with van der Waals surface area (Å²) in [6, 6.07) is 12.9. The lowest BCUT2D eigenvalue weighted by Gasteiger charge is -2.12. The highest BCUT2D eigenvalue weighted by Crippen LogP contribution is 2.30. The molecule has 0 saturated heterocycles. The minimum absolute atomic E-state index is 0.170. The molecule has 0 radical (unpaired) electrons. The summed E-state index contributed by atoms with van der Waals surface area (Å²) in [7, 11) is 0.